The van der Waals surface area contributed by atoms with Gasteiger partial charge in [-0.2, -0.15) is 0 Å². The van der Waals surface area contributed by atoms with Gasteiger partial charge in [-0.05, 0) is 35.9 Å². The Morgan fingerprint density at radius 2 is 1.74 bits per heavy atom. The van der Waals surface area contributed by atoms with Gasteiger partial charge in [0, 0.05) is 23.6 Å². The van der Waals surface area contributed by atoms with Crippen LogP contribution in [-0.4, -0.2) is 27.6 Å². The van der Waals surface area contributed by atoms with Crippen LogP contribution in [-0.2, 0) is 4.74 Å². The number of pyridine rings is 1. The Balaban J connectivity index is 1.27. The molecule has 2 heterocycles. The lowest BCUT2D eigenvalue weighted by Crippen LogP contribution is -2.16. The number of hydrogen-bond acceptors (Lipinski definition) is 4. The fourth-order valence-corrected chi connectivity index (χ4v) is 5.45. The number of benzene rings is 2. The number of rotatable bonds is 6. The van der Waals surface area contributed by atoms with E-state index in [1.54, 1.807) is 18.2 Å². The Kier molecular flexibility index (Phi) is 6.53. The van der Waals surface area contributed by atoms with E-state index in [2.05, 4.69) is 15.6 Å². The molecule has 3 aromatic rings. The van der Waals surface area contributed by atoms with Gasteiger partial charge in [0.1, 0.15) is 16.3 Å². The number of alkyl halides is 2. The maximum atomic E-state index is 13.9. The SMILES string of the molecule is O=C(Nc1ncc(F)cc1F)c1cc(N[C@@H]2OC2[C@H]2[C@H](c3ccc(Cl)c(Cl)c3)C2(Cl)Cl)ccc1Cl. The van der Waals surface area contributed by atoms with Gasteiger partial charge in [0.05, 0.1) is 26.8 Å². The Hall–Kier alpha value is -1.87. The molecule has 2 N–H and O–H groups in total. The second kappa shape index (κ2) is 9.21. The van der Waals surface area contributed by atoms with Gasteiger partial charge in [-0.1, -0.05) is 40.9 Å². The summed E-state index contributed by atoms with van der Waals surface area (Å²) in [5.41, 5.74) is 1.44. The first-order valence-corrected chi connectivity index (χ1v) is 12.1. The average molecular weight is 580 g/mol. The number of aromatic nitrogens is 1. The van der Waals surface area contributed by atoms with Gasteiger partial charge in [0.15, 0.2) is 17.9 Å². The minimum Gasteiger partial charge on any atom is -0.358 e. The maximum Gasteiger partial charge on any atom is 0.258 e. The lowest BCUT2D eigenvalue weighted by atomic mass is 10.1. The van der Waals surface area contributed by atoms with Crippen molar-refractivity contribution in [3.8, 4) is 0 Å². The molecule has 1 aliphatic heterocycles. The van der Waals surface area contributed by atoms with Crippen LogP contribution in [0.15, 0.2) is 48.7 Å². The standard InChI is InChI=1S/C23H14Cl5F2N3O2/c24-13-4-2-11(7-12(13)21(34)33-20-16(30)6-10(29)8-31-20)32-22-19(35-22)18-17(23(18,27)28)9-1-3-14(25)15(26)5-9/h1-8,17-19,22,32H,(H,31,33,34)/t17-,18+,19?,22+/m0/s1. The molecule has 1 unspecified atom stereocenters. The fraction of sp³-hybridized carbons (Fsp3) is 0.217. The van der Waals surface area contributed by atoms with E-state index in [0.717, 1.165) is 11.8 Å². The summed E-state index contributed by atoms with van der Waals surface area (Å²) in [6.45, 7) is 0. The zero-order chi connectivity index (χ0) is 25.1. The van der Waals surface area contributed by atoms with Crippen molar-refractivity contribution in [2.75, 3.05) is 10.6 Å². The molecule has 0 spiro atoms. The molecule has 35 heavy (non-hydrogen) atoms. The van der Waals surface area contributed by atoms with Crippen LogP contribution in [0.4, 0.5) is 20.3 Å². The van der Waals surface area contributed by atoms with Crippen LogP contribution < -0.4 is 10.6 Å². The van der Waals surface area contributed by atoms with Crippen LogP contribution in [0.3, 0.4) is 0 Å². The van der Waals surface area contributed by atoms with Crippen molar-refractivity contribution in [2.45, 2.75) is 22.6 Å². The smallest absolute Gasteiger partial charge is 0.258 e. The average Bonchev–Trinajstić information content (AvgIpc) is 3.67. The molecular weight excluding hydrogens is 566 g/mol. The molecule has 1 amide bonds. The second-order valence-corrected chi connectivity index (χ2v) is 10.8. The van der Waals surface area contributed by atoms with Gasteiger partial charge in [0.25, 0.3) is 5.91 Å². The molecule has 12 heteroatoms. The number of epoxide rings is 1. The summed E-state index contributed by atoms with van der Waals surface area (Å²) in [6.07, 6.45) is 0.104. The van der Waals surface area contributed by atoms with Crippen LogP contribution in [0.25, 0.3) is 0 Å². The van der Waals surface area contributed by atoms with E-state index in [9.17, 15) is 13.6 Å². The highest BCUT2D eigenvalue weighted by atomic mass is 35.5. The zero-order valence-electron chi connectivity index (χ0n) is 17.3. The first-order chi connectivity index (χ1) is 16.6. The highest BCUT2D eigenvalue weighted by Crippen LogP contribution is 2.69. The quantitative estimate of drug-likeness (QED) is 0.238. The summed E-state index contributed by atoms with van der Waals surface area (Å²) in [4.78, 5) is 16.2. The van der Waals surface area contributed by atoms with E-state index in [-0.39, 0.29) is 28.5 Å². The summed E-state index contributed by atoms with van der Waals surface area (Å²) in [7, 11) is 0. The van der Waals surface area contributed by atoms with Gasteiger partial charge < -0.3 is 15.4 Å². The monoisotopic (exact) mass is 577 g/mol. The number of nitrogens with one attached hydrogen (secondary N) is 2. The van der Waals surface area contributed by atoms with Crippen molar-refractivity contribution in [3.63, 3.8) is 0 Å². The number of nitrogens with zero attached hydrogens (tertiary/aromatic N) is 1. The van der Waals surface area contributed by atoms with Crippen molar-refractivity contribution in [3.05, 3.63) is 86.5 Å². The van der Waals surface area contributed by atoms with E-state index in [1.165, 1.54) is 12.1 Å². The number of amides is 1. The Morgan fingerprint density at radius 3 is 2.46 bits per heavy atom. The molecule has 0 bridgehead atoms. The summed E-state index contributed by atoms with van der Waals surface area (Å²) in [6, 6.07) is 10.5. The summed E-state index contributed by atoms with van der Waals surface area (Å²) < 4.78 is 31.7. The maximum absolute atomic E-state index is 13.9. The van der Waals surface area contributed by atoms with Gasteiger partial charge in [0.2, 0.25) is 0 Å². The van der Waals surface area contributed by atoms with Gasteiger partial charge in [-0.25, -0.2) is 13.8 Å². The molecule has 2 fully saturated rings. The van der Waals surface area contributed by atoms with Crippen molar-refractivity contribution in [1.82, 2.24) is 4.98 Å². The molecule has 1 aliphatic carbocycles. The number of carbonyl (C=O) groups is 1. The minimum atomic E-state index is -1.03. The molecular formula is C23H14Cl5F2N3O2. The van der Waals surface area contributed by atoms with Gasteiger partial charge >= 0.3 is 0 Å². The van der Waals surface area contributed by atoms with Crippen molar-refractivity contribution in [1.29, 1.82) is 0 Å². The number of ether oxygens (including phenoxy) is 1. The van der Waals surface area contributed by atoms with Crippen molar-refractivity contribution < 1.29 is 18.3 Å². The number of carbonyl (C=O) groups excluding carboxylic acids is 1. The minimum absolute atomic E-state index is 0.0588. The Bertz CT molecular complexity index is 1340. The predicted molar refractivity (Wildman–Crippen MR) is 133 cm³/mol. The first kappa shape index (κ1) is 24.8. The van der Waals surface area contributed by atoms with Gasteiger partial charge in [-0.15, -0.1) is 23.2 Å². The van der Waals surface area contributed by atoms with Gasteiger partial charge in [-0.3, -0.25) is 4.79 Å². The third-order valence-electron chi connectivity index (χ3n) is 5.85. The molecule has 2 aromatic carbocycles. The summed E-state index contributed by atoms with van der Waals surface area (Å²) >= 11 is 31.4. The number of halogens is 7. The van der Waals surface area contributed by atoms with Crippen LogP contribution >= 0.6 is 58.0 Å². The summed E-state index contributed by atoms with van der Waals surface area (Å²) in [5, 5.41) is 6.42. The Morgan fingerprint density at radius 1 is 1.00 bits per heavy atom. The van der Waals surface area contributed by atoms with E-state index in [0.29, 0.717) is 21.8 Å². The lowest BCUT2D eigenvalue weighted by Gasteiger charge is -2.10. The number of hydrogen-bond donors (Lipinski definition) is 2. The van der Waals surface area contributed by atoms with Crippen LogP contribution in [0.2, 0.25) is 15.1 Å². The van der Waals surface area contributed by atoms with E-state index in [4.69, 9.17) is 62.7 Å². The van der Waals surface area contributed by atoms with E-state index >= 15 is 0 Å². The van der Waals surface area contributed by atoms with E-state index in [1.807, 2.05) is 6.07 Å². The first-order valence-electron chi connectivity index (χ1n) is 10.2. The molecule has 5 nitrogen and oxygen atoms in total. The van der Waals surface area contributed by atoms with Crippen LogP contribution in [0, 0.1) is 17.6 Å². The highest BCUT2D eigenvalue weighted by molar-refractivity contribution is 6.52. The predicted octanol–water partition coefficient (Wildman–Crippen LogP) is 7.30. The molecule has 2 aliphatic rings. The molecule has 1 saturated carbocycles. The van der Waals surface area contributed by atoms with Crippen molar-refractivity contribution in [2.24, 2.45) is 5.92 Å². The van der Waals surface area contributed by atoms with Crippen LogP contribution in [0.1, 0.15) is 21.8 Å². The summed E-state index contributed by atoms with van der Waals surface area (Å²) in [5.74, 6) is -3.39. The molecule has 1 aromatic heterocycles. The zero-order valence-corrected chi connectivity index (χ0v) is 21.1. The van der Waals surface area contributed by atoms with Crippen molar-refractivity contribution >= 4 is 75.4 Å². The third kappa shape index (κ3) is 4.90. The molecule has 1 saturated heterocycles. The van der Waals surface area contributed by atoms with E-state index < -0.39 is 33.9 Å². The largest absolute Gasteiger partial charge is 0.358 e. The normalized spacial score (nSPS) is 24.1. The molecule has 4 atom stereocenters. The fourth-order valence-electron chi connectivity index (χ4n) is 4.04. The molecule has 0 radical (unpaired) electrons. The topological polar surface area (TPSA) is 66.5 Å². The highest BCUT2D eigenvalue weighted by Gasteiger charge is 2.72. The lowest BCUT2D eigenvalue weighted by molar-refractivity contribution is 0.102. The molecule has 182 valence electrons. The van der Waals surface area contributed by atoms with Crippen LogP contribution in [0.5, 0.6) is 0 Å². The third-order valence-corrected chi connectivity index (χ3v) is 7.89. The number of anilines is 2. The second-order valence-electron chi connectivity index (χ2n) is 8.15. The molecule has 5 rings (SSSR count). The Labute approximate surface area is 223 Å².